The Bertz CT molecular complexity index is 776. The van der Waals surface area contributed by atoms with E-state index in [2.05, 4.69) is 59.3 Å². The maximum Gasteiger partial charge on any atom is 0.0964 e. The fraction of sp³-hybridized carbons (Fsp3) is 0.364. The van der Waals surface area contributed by atoms with E-state index in [9.17, 15) is 0 Å². The van der Waals surface area contributed by atoms with Crippen LogP contribution < -0.4 is 16.0 Å². The largest absolute Gasteiger partial charge is 0.366 e. The van der Waals surface area contributed by atoms with Crippen molar-refractivity contribution in [1.29, 1.82) is 0 Å². The van der Waals surface area contributed by atoms with Crippen LogP contribution in [0.2, 0.25) is 10.0 Å². The lowest BCUT2D eigenvalue weighted by Crippen LogP contribution is -2.41. The maximum atomic E-state index is 6.09. The van der Waals surface area contributed by atoms with Gasteiger partial charge in [0.1, 0.15) is 0 Å². The minimum absolute atomic E-state index is 0.175. The van der Waals surface area contributed by atoms with Crippen molar-refractivity contribution in [1.82, 2.24) is 10.6 Å². The van der Waals surface area contributed by atoms with Crippen molar-refractivity contribution < 1.29 is 0 Å². The number of fused-ring (bicyclic) bond motifs is 1. The molecular formula is C22H27Cl2N3. The Hall–Kier alpha value is -1.52. The van der Waals surface area contributed by atoms with E-state index in [1.807, 2.05) is 18.2 Å². The zero-order valence-electron chi connectivity index (χ0n) is 15.6. The Kier molecular flexibility index (Phi) is 7.59. The van der Waals surface area contributed by atoms with Crippen LogP contribution in [-0.2, 0) is 6.54 Å². The summed E-state index contributed by atoms with van der Waals surface area (Å²) in [6, 6.07) is 14.2. The zero-order chi connectivity index (χ0) is 19.1. The highest BCUT2D eigenvalue weighted by Crippen LogP contribution is 2.23. The molecule has 27 heavy (non-hydrogen) atoms. The van der Waals surface area contributed by atoms with Crippen LogP contribution in [0.5, 0.6) is 0 Å². The summed E-state index contributed by atoms with van der Waals surface area (Å²) in [6.45, 7) is 4.97. The van der Waals surface area contributed by atoms with Gasteiger partial charge in [-0.1, -0.05) is 66.9 Å². The van der Waals surface area contributed by atoms with Gasteiger partial charge in [-0.15, -0.1) is 0 Å². The third kappa shape index (κ3) is 5.98. The summed E-state index contributed by atoms with van der Waals surface area (Å²) >= 11 is 12.1. The second-order valence-corrected chi connectivity index (χ2v) is 7.83. The molecule has 1 aliphatic heterocycles. The van der Waals surface area contributed by atoms with Gasteiger partial charge in [0.05, 0.1) is 16.2 Å². The SMILES string of the molecule is CCCC(CNCc1ccc(Cl)c(Cl)c1)CNC1C=Cc2ccccc2N1. The van der Waals surface area contributed by atoms with Crippen molar-refractivity contribution in [3.05, 3.63) is 69.7 Å². The Morgan fingerprint density at radius 2 is 1.93 bits per heavy atom. The standard InChI is InChI=1S/C22H27Cl2N3/c1-2-5-17(14-25-13-16-8-10-19(23)20(24)12-16)15-26-22-11-9-18-6-3-4-7-21(18)27-22/h3-4,6-12,17,22,25-27H,2,5,13-15H2,1H3. The van der Waals surface area contributed by atoms with Crippen molar-refractivity contribution in [2.45, 2.75) is 32.5 Å². The van der Waals surface area contributed by atoms with E-state index in [1.54, 1.807) is 0 Å². The predicted octanol–water partition coefficient (Wildman–Crippen LogP) is 5.55. The van der Waals surface area contributed by atoms with Crippen LogP contribution in [0.1, 0.15) is 30.9 Å². The number of hydrogen-bond acceptors (Lipinski definition) is 3. The minimum atomic E-state index is 0.175. The fourth-order valence-electron chi connectivity index (χ4n) is 3.36. The van der Waals surface area contributed by atoms with E-state index in [1.165, 1.54) is 24.1 Å². The summed E-state index contributed by atoms with van der Waals surface area (Å²) in [5.41, 5.74) is 3.58. The van der Waals surface area contributed by atoms with Crippen molar-refractivity contribution in [3.8, 4) is 0 Å². The number of hydrogen-bond donors (Lipinski definition) is 3. The summed E-state index contributed by atoms with van der Waals surface area (Å²) in [4.78, 5) is 0. The van der Waals surface area contributed by atoms with E-state index in [0.717, 1.165) is 25.2 Å². The Morgan fingerprint density at radius 3 is 2.74 bits per heavy atom. The monoisotopic (exact) mass is 403 g/mol. The summed E-state index contributed by atoms with van der Waals surface area (Å²) in [5, 5.41) is 11.9. The van der Waals surface area contributed by atoms with E-state index >= 15 is 0 Å². The van der Waals surface area contributed by atoms with Crippen LogP contribution in [0.3, 0.4) is 0 Å². The summed E-state index contributed by atoms with van der Waals surface area (Å²) < 4.78 is 0. The molecule has 144 valence electrons. The second-order valence-electron chi connectivity index (χ2n) is 7.01. The van der Waals surface area contributed by atoms with Crippen LogP contribution in [-0.4, -0.2) is 19.3 Å². The van der Waals surface area contributed by atoms with Crippen LogP contribution in [0, 0.1) is 5.92 Å². The Labute approximate surface area is 172 Å². The average molecular weight is 404 g/mol. The molecule has 5 heteroatoms. The number of rotatable bonds is 9. The summed E-state index contributed by atoms with van der Waals surface area (Å²) in [6.07, 6.45) is 6.91. The second kappa shape index (κ2) is 10.1. The smallest absolute Gasteiger partial charge is 0.0964 e. The molecule has 2 unspecified atom stereocenters. The van der Waals surface area contributed by atoms with Gasteiger partial charge in [0.2, 0.25) is 0 Å². The van der Waals surface area contributed by atoms with Crippen molar-refractivity contribution in [2.75, 3.05) is 18.4 Å². The van der Waals surface area contributed by atoms with Gasteiger partial charge in [-0.05, 0) is 54.3 Å². The van der Waals surface area contributed by atoms with Gasteiger partial charge in [0.25, 0.3) is 0 Å². The van der Waals surface area contributed by atoms with Crippen LogP contribution in [0.4, 0.5) is 5.69 Å². The van der Waals surface area contributed by atoms with Gasteiger partial charge in [0.15, 0.2) is 0 Å². The quantitative estimate of drug-likeness (QED) is 0.513. The molecule has 2 aromatic carbocycles. The molecule has 0 aliphatic carbocycles. The number of benzene rings is 2. The molecule has 1 heterocycles. The van der Waals surface area contributed by atoms with E-state index < -0.39 is 0 Å². The highest BCUT2D eigenvalue weighted by molar-refractivity contribution is 6.42. The molecule has 1 aliphatic rings. The van der Waals surface area contributed by atoms with Gasteiger partial charge >= 0.3 is 0 Å². The number of nitrogens with one attached hydrogen (secondary N) is 3. The number of anilines is 1. The molecule has 2 aromatic rings. The van der Waals surface area contributed by atoms with Crippen molar-refractivity contribution >= 4 is 35.0 Å². The normalized spacial score (nSPS) is 16.6. The average Bonchev–Trinajstić information content (AvgIpc) is 2.68. The molecule has 0 bridgehead atoms. The minimum Gasteiger partial charge on any atom is -0.366 e. The first-order valence-electron chi connectivity index (χ1n) is 9.57. The highest BCUT2D eigenvalue weighted by atomic mass is 35.5. The molecule has 0 radical (unpaired) electrons. The lowest BCUT2D eigenvalue weighted by molar-refractivity contribution is 0.406. The topological polar surface area (TPSA) is 36.1 Å². The van der Waals surface area contributed by atoms with Gasteiger partial charge in [-0.25, -0.2) is 0 Å². The lowest BCUT2D eigenvalue weighted by Gasteiger charge is -2.26. The molecule has 3 N–H and O–H groups in total. The lowest BCUT2D eigenvalue weighted by atomic mass is 10.0. The molecule has 3 nitrogen and oxygen atoms in total. The molecule has 0 saturated carbocycles. The Morgan fingerprint density at radius 1 is 1.07 bits per heavy atom. The third-order valence-electron chi connectivity index (χ3n) is 4.81. The van der Waals surface area contributed by atoms with Gasteiger partial charge in [-0.3, -0.25) is 5.32 Å². The van der Waals surface area contributed by atoms with E-state index in [4.69, 9.17) is 23.2 Å². The van der Waals surface area contributed by atoms with Crippen molar-refractivity contribution in [3.63, 3.8) is 0 Å². The highest BCUT2D eigenvalue weighted by Gasteiger charge is 2.14. The number of halogens is 2. The molecule has 0 saturated heterocycles. The maximum absolute atomic E-state index is 6.09. The van der Waals surface area contributed by atoms with Gasteiger partial charge in [-0.2, -0.15) is 0 Å². The molecule has 0 aromatic heterocycles. The Balaban J connectivity index is 1.46. The van der Waals surface area contributed by atoms with Crippen LogP contribution >= 0.6 is 23.2 Å². The molecule has 0 fully saturated rings. The number of para-hydroxylation sites is 1. The predicted molar refractivity (Wildman–Crippen MR) is 117 cm³/mol. The molecule has 2 atom stereocenters. The zero-order valence-corrected chi connectivity index (χ0v) is 17.2. The molecule has 0 amide bonds. The first-order chi connectivity index (χ1) is 13.2. The van der Waals surface area contributed by atoms with E-state index in [-0.39, 0.29) is 6.17 Å². The van der Waals surface area contributed by atoms with Gasteiger partial charge in [0, 0.05) is 18.8 Å². The van der Waals surface area contributed by atoms with Crippen LogP contribution in [0.15, 0.2) is 48.5 Å². The third-order valence-corrected chi connectivity index (χ3v) is 5.55. The summed E-state index contributed by atoms with van der Waals surface area (Å²) in [7, 11) is 0. The first kappa shape index (κ1) is 20.2. The van der Waals surface area contributed by atoms with Gasteiger partial charge < -0.3 is 10.6 Å². The molecule has 0 spiro atoms. The molecule has 3 rings (SSSR count). The molecular weight excluding hydrogens is 377 g/mol. The van der Waals surface area contributed by atoms with Crippen LogP contribution in [0.25, 0.3) is 6.08 Å². The van der Waals surface area contributed by atoms with E-state index in [0.29, 0.717) is 16.0 Å². The summed E-state index contributed by atoms with van der Waals surface area (Å²) in [5.74, 6) is 0.574. The van der Waals surface area contributed by atoms with Crippen molar-refractivity contribution in [2.24, 2.45) is 5.92 Å². The first-order valence-corrected chi connectivity index (χ1v) is 10.3. The fourth-order valence-corrected chi connectivity index (χ4v) is 3.68.